The summed E-state index contributed by atoms with van der Waals surface area (Å²) in [5, 5.41) is 23.7. The number of amides is 1. The number of nitrogens with one attached hydrogen (secondary N) is 1. The van der Waals surface area contributed by atoms with Gasteiger partial charge < -0.3 is 4.90 Å². The molecule has 8 nitrogen and oxygen atoms in total. The predicted molar refractivity (Wildman–Crippen MR) is 103 cm³/mol. The SMILES string of the molecule is CN(C)c1ccc(/C=C(\C#N)C(=O)N/N=C\c2cccc([N+](=O)[O-])c2)cc1. The van der Waals surface area contributed by atoms with Crippen LogP contribution in [0.2, 0.25) is 0 Å². The van der Waals surface area contributed by atoms with Crippen molar-refractivity contribution in [3.63, 3.8) is 0 Å². The van der Waals surface area contributed by atoms with Crippen LogP contribution in [0.25, 0.3) is 6.08 Å². The average Bonchev–Trinajstić information content (AvgIpc) is 2.66. The van der Waals surface area contributed by atoms with E-state index >= 15 is 0 Å². The van der Waals surface area contributed by atoms with Gasteiger partial charge in [-0.25, -0.2) is 5.43 Å². The highest BCUT2D eigenvalue weighted by Crippen LogP contribution is 2.15. The molecule has 0 unspecified atom stereocenters. The number of hydrazone groups is 1. The Morgan fingerprint density at radius 2 is 1.93 bits per heavy atom. The molecule has 0 spiro atoms. The van der Waals surface area contributed by atoms with Crippen molar-refractivity contribution >= 4 is 29.6 Å². The normalized spacial score (nSPS) is 11.1. The molecule has 0 bridgehead atoms. The van der Waals surface area contributed by atoms with Crippen LogP contribution in [0.4, 0.5) is 11.4 Å². The van der Waals surface area contributed by atoms with E-state index in [0.717, 1.165) is 5.69 Å². The third-order valence-corrected chi connectivity index (χ3v) is 3.55. The summed E-state index contributed by atoms with van der Waals surface area (Å²) in [7, 11) is 3.83. The number of nitrogens with zero attached hydrogens (tertiary/aromatic N) is 4. The summed E-state index contributed by atoms with van der Waals surface area (Å²) in [6.07, 6.45) is 2.73. The molecular formula is C19H17N5O3. The lowest BCUT2D eigenvalue weighted by molar-refractivity contribution is -0.384. The average molecular weight is 363 g/mol. The third kappa shape index (κ3) is 5.51. The molecule has 0 fully saturated rings. The zero-order valence-electron chi connectivity index (χ0n) is 14.8. The Morgan fingerprint density at radius 1 is 1.22 bits per heavy atom. The maximum absolute atomic E-state index is 12.1. The van der Waals surface area contributed by atoms with E-state index < -0.39 is 10.8 Å². The first-order valence-electron chi connectivity index (χ1n) is 7.88. The Morgan fingerprint density at radius 3 is 2.52 bits per heavy atom. The second kappa shape index (κ2) is 8.92. The van der Waals surface area contributed by atoms with Crippen molar-refractivity contribution in [2.45, 2.75) is 0 Å². The first kappa shape index (κ1) is 19.3. The highest BCUT2D eigenvalue weighted by Gasteiger charge is 2.08. The summed E-state index contributed by atoms with van der Waals surface area (Å²) >= 11 is 0. The van der Waals surface area contributed by atoms with E-state index in [-0.39, 0.29) is 11.3 Å². The fourth-order valence-electron chi connectivity index (χ4n) is 2.13. The Labute approximate surface area is 156 Å². The van der Waals surface area contributed by atoms with Gasteiger partial charge in [-0.05, 0) is 23.8 Å². The molecule has 0 atom stereocenters. The summed E-state index contributed by atoms with van der Waals surface area (Å²) in [6.45, 7) is 0. The van der Waals surface area contributed by atoms with E-state index in [1.54, 1.807) is 18.2 Å². The number of hydrogen-bond donors (Lipinski definition) is 1. The molecule has 0 radical (unpaired) electrons. The number of nitriles is 1. The van der Waals surface area contributed by atoms with Crippen LogP contribution < -0.4 is 10.3 Å². The number of nitro groups is 1. The Kier molecular flexibility index (Phi) is 6.39. The number of carbonyl (C=O) groups is 1. The molecule has 1 N–H and O–H groups in total. The van der Waals surface area contributed by atoms with Crippen LogP contribution in [0.5, 0.6) is 0 Å². The molecule has 0 aromatic heterocycles. The topological polar surface area (TPSA) is 112 Å². The second-order valence-corrected chi connectivity index (χ2v) is 5.71. The largest absolute Gasteiger partial charge is 0.378 e. The minimum atomic E-state index is -0.670. The Hall–Kier alpha value is -3.99. The van der Waals surface area contributed by atoms with Gasteiger partial charge in [0.1, 0.15) is 11.6 Å². The maximum Gasteiger partial charge on any atom is 0.282 e. The smallest absolute Gasteiger partial charge is 0.282 e. The molecule has 2 aromatic carbocycles. The molecule has 0 aliphatic heterocycles. The monoisotopic (exact) mass is 363 g/mol. The number of hydrogen-bond acceptors (Lipinski definition) is 6. The van der Waals surface area contributed by atoms with Gasteiger partial charge >= 0.3 is 0 Å². The van der Waals surface area contributed by atoms with Gasteiger partial charge in [0.25, 0.3) is 11.6 Å². The van der Waals surface area contributed by atoms with Crippen LogP contribution in [0.3, 0.4) is 0 Å². The molecule has 1 amide bonds. The van der Waals surface area contributed by atoms with Crippen molar-refractivity contribution in [1.82, 2.24) is 5.43 Å². The summed E-state index contributed by atoms with van der Waals surface area (Å²) < 4.78 is 0. The molecule has 0 aliphatic rings. The van der Waals surface area contributed by atoms with Crippen LogP contribution in [-0.2, 0) is 4.79 Å². The first-order chi connectivity index (χ1) is 12.9. The molecule has 0 saturated carbocycles. The van der Waals surface area contributed by atoms with E-state index in [1.807, 2.05) is 37.2 Å². The highest BCUT2D eigenvalue weighted by atomic mass is 16.6. The minimum Gasteiger partial charge on any atom is -0.378 e. The van der Waals surface area contributed by atoms with E-state index in [4.69, 9.17) is 0 Å². The maximum atomic E-state index is 12.1. The van der Waals surface area contributed by atoms with Crippen molar-refractivity contribution in [1.29, 1.82) is 5.26 Å². The number of nitro benzene ring substituents is 1. The summed E-state index contributed by atoms with van der Waals surface area (Å²) in [4.78, 5) is 24.2. The van der Waals surface area contributed by atoms with Crippen molar-refractivity contribution in [2.24, 2.45) is 5.10 Å². The summed E-state index contributed by atoms with van der Waals surface area (Å²) in [5.74, 6) is -0.670. The second-order valence-electron chi connectivity index (χ2n) is 5.71. The number of benzene rings is 2. The molecule has 2 rings (SSSR count). The van der Waals surface area contributed by atoms with Gasteiger partial charge in [0.05, 0.1) is 11.1 Å². The van der Waals surface area contributed by atoms with Gasteiger partial charge in [-0.3, -0.25) is 14.9 Å². The first-order valence-corrected chi connectivity index (χ1v) is 7.88. The summed E-state index contributed by atoms with van der Waals surface area (Å²) in [5.41, 5.74) is 4.21. The van der Waals surface area contributed by atoms with Gasteiger partial charge in [0, 0.05) is 37.5 Å². The standard InChI is InChI=1S/C19H17N5O3/c1-23(2)17-8-6-14(7-9-17)10-16(12-20)19(25)22-21-13-15-4-3-5-18(11-15)24(26)27/h3-11,13H,1-2H3,(H,22,25)/b16-10+,21-13-. The van der Waals surface area contributed by atoms with Crippen LogP contribution in [-0.4, -0.2) is 31.1 Å². The molecule has 8 heteroatoms. The molecule has 136 valence electrons. The molecule has 0 heterocycles. The number of anilines is 1. The lowest BCUT2D eigenvalue weighted by atomic mass is 10.1. The Balaban J connectivity index is 2.07. The van der Waals surface area contributed by atoms with Crippen LogP contribution in [0.1, 0.15) is 11.1 Å². The van der Waals surface area contributed by atoms with Gasteiger partial charge in [0.15, 0.2) is 0 Å². The van der Waals surface area contributed by atoms with Gasteiger partial charge in [-0.1, -0.05) is 24.3 Å². The van der Waals surface area contributed by atoms with Crippen molar-refractivity contribution < 1.29 is 9.72 Å². The highest BCUT2D eigenvalue weighted by molar-refractivity contribution is 6.02. The number of non-ortho nitro benzene ring substituents is 1. The van der Waals surface area contributed by atoms with E-state index in [2.05, 4.69) is 10.5 Å². The van der Waals surface area contributed by atoms with E-state index in [0.29, 0.717) is 11.1 Å². The van der Waals surface area contributed by atoms with Crippen LogP contribution >= 0.6 is 0 Å². The molecule has 2 aromatic rings. The van der Waals surface area contributed by atoms with Crippen molar-refractivity contribution in [3.05, 3.63) is 75.3 Å². The number of rotatable bonds is 6. The third-order valence-electron chi connectivity index (χ3n) is 3.55. The van der Waals surface area contributed by atoms with Crippen LogP contribution in [0, 0.1) is 21.4 Å². The molecule has 0 saturated heterocycles. The van der Waals surface area contributed by atoms with Gasteiger partial charge in [-0.15, -0.1) is 0 Å². The molecule has 0 aliphatic carbocycles. The summed E-state index contributed by atoms with van der Waals surface area (Å²) in [6, 6.07) is 15.0. The zero-order valence-corrected chi connectivity index (χ0v) is 14.8. The number of carbonyl (C=O) groups excluding carboxylic acids is 1. The lowest BCUT2D eigenvalue weighted by Crippen LogP contribution is -2.19. The lowest BCUT2D eigenvalue weighted by Gasteiger charge is -2.11. The molecular weight excluding hydrogens is 346 g/mol. The van der Waals surface area contributed by atoms with E-state index in [9.17, 15) is 20.2 Å². The van der Waals surface area contributed by atoms with Crippen molar-refractivity contribution in [2.75, 3.05) is 19.0 Å². The predicted octanol–water partition coefficient (Wildman–Crippen LogP) is 2.72. The quantitative estimate of drug-likeness (QED) is 0.279. The van der Waals surface area contributed by atoms with Gasteiger partial charge in [0.2, 0.25) is 0 Å². The van der Waals surface area contributed by atoms with E-state index in [1.165, 1.54) is 30.5 Å². The zero-order chi connectivity index (χ0) is 19.8. The van der Waals surface area contributed by atoms with Crippen LogP contribution in [0.15, 0.2) is 59.2 Å². The van der Waals surface area contributed by atoms with Crippen molar-refractivity contribution in [3.8, 4) is 6.07 Å². The molecule has 27 heavy (non-hydrogen) atoms. The van der Waals surface area contributed by atoms with Gasteiger partial charge in [-0.2, -0.15) is 10.4 Å². The Bertz CT molecular complexity index is 941. The fraction of sp³-hybridized carbons (Fsp3) is 0.105. The fourth-order valence-corrected chi connectivity index (χ4v) is 2.13. The minimum absolute atomic E-state index is 0.0796.